The summed E-state index contributed by atoms with van der Waals surface area (Å²) >= 11 is 0. The van der Waals surface area contributed by atoms with Crippen molar-refractivity contribution in [3.63, 3.8) is 0 Å². The van der Waals surface area contributed by atoms with E-state index >= 15 is 0 Å². The first-order valence-corrected chi connectivity index (χ1v) is 4.06. The van der Waals surface area contributed by atoms with Gasteiger partial charge in [-0.15, -0.1) is 0 Å². The van der Waals surface area contributed by atoms with Crippen molar-refractivity contribution in [2.24, 2.45) is 11.8 Å². The van der Waals surface area contributed by atoms with Gasteiger partial charge >= 0.3 is 5.97 Å². The zero-order chi connectivity index (χ0) is 9.72. The van der Waals surface area contributed by atoms with Gasteiger partial charge in [0.1, 0.15) is 5.78 Å². The van der Waals surface area contributed by atoms with E-state index in [-0.39, 0.29) is 30.0 Å². The van der Waals surface area contributed by atoms with Gasteiger partial charge in [-0.3, -0.25) is 4.79 Å². The van der Waals surface area contributed by atoms with E-state index in [0.29, 0.717) is 0 Å². The van der Waals surface area contributed by atoms with Crippen LogP contribution in [0.3, 0.4) is 0 Å². The Morgan fingerprint density at radius 1 is 1.33 bits per heavy atom. The van der Waals surface area contributed by atoms with Crippen LogP contribution in [0, 0.1) is 11.8 Å². The minimum absolute atomic E-state index is 0.0269. The summed E-state index contributed by atoms with van der Waals surface area (Å²) in [7, 11) is 1.35. The molecule has 0 rings (SSSR count). The Balaban J connectivity index is 4.23. The van der Waals surface area contributed by atoms with Gasteiger partial charge in [-0.2, -0.15) is 0 Å². The van der Waals surface area contributed by atoms with E-state index in [1.165, 1.54) is 14.0 Å². The molecule has 0 fully saturated rings. The molecule has 3 nitrogen and oxygen atoms in total. The molecule has 0 N–H and O–H groups in total. The van der Waals surface area contributed by atoms with E-state index in [9.17, 15) is 9.59 Å². The first-order valence-electron chi connectivity index (χ1n) is 4.06. The maximum absolute atomic E-state index is 11.1. The van der Waals surface area contributed by atoms with E-state index in [2.05, 4.69) is 4.74 Å². The van der Waals surface area contributed by atoms with Gasteiger partial charge in [0.2, 0.25) is 0 Å². The fourth-order valence-corrected chi connectivity index (χ4v) is 1.05. The molecule has 0 aromatic rings. The van der Waals surface area contributed by atoms with Gasteiger partial charge in [0.25, 0.3) is 0 Å². The van der Waals surface area contributed by atoms with Gasteiger partial charge in [0.15, 0.2) is 0 Å². The third kappa shape index (κ3) is 3.51. The smallest absolute Gasteiger partial charge is 0.309 e. The van der Waals surface area contributed by atoms with Crippen molar-refractivity contribution in [2.75, 3.05) is 7.11 Å². The molecule has 0 amide bonds. The van der Waals surface area contributed by atoms with Crippen LogP contribution in [0.25, 0.3) is 0 Å². The molecule has 0 aromatic carbocycles. The number of Topliss-reactive ketones (excluding diaryl/α,β-unsaturated/α-hetero) is 1. The number of hydrogen-bond donors (Lipinski definition) is 0. The summed E-state index contributed by atoms with van der Waals surface area (Å²) in [6.45, 7) is 5.30. The molecule has 1 unspecified atom stereocenters. The maximum Gasteiger partial charge on any atom is 0.309 e. The van der Waals surface area contributed by atoms with Crippen molar-refractivity contribution >= 4 is 11.8 Å². The Bertz CT molecular complexity index is 173. The molecule has 0 saturated heterocycles. The molecule has 0 aliphatic rings. The molecule has 0 saturated carbocycles. The summed E-state index contributed by atoms with van der Waals surface area (Å²) in [6.07, 6.45) is 0.282. The average molecular weight is 172 g/mol. The normalized spacial score (nSPS) is 12.8. The average Bonchev–Trinajstić information content (AvgIpc) is 1.98. The summed E-state index contributed by atoms with van der Waals surface area (Å²) in [5.74, 6) is -0.395. The lowest BCUT2D eigenvalue weighted by molar-refractivity contribution is -0.148. The van der Waals surface area contributed by atoms with Crippen LogP contribution in [0.1, 0.15) is 27.2 Å². The third-order valence-corrected chi connectivity index (χ3v) is 1.82. The van der Waals surface area contributed by atoms with Gasteiger partial charge in [0.05, 0.1) is 13.0 Å². The fourth-order valence-electron chi connectivity index (χ4n) is 1.05. The van der Waals surface area contributed by atoms with Gasteiger partial charge in [0, 0.05) is 6.42 Å². The molecule has 0 heterocycles. The molecule has 0 spiro atoms. The number of esters is 1. The first kappa shape index (κ1) is 11.1. The Morgan fingerprint density at radius 2 is 1.83 bits per heavy atom. The fraction of sp³-hybridized carbons (Fsp3) is 0.778. The largest absolute Gasteiger partial charge is 0.469 e. The number of ketones is 1. The Morgan fingerprint density at radius 3 is 2.08 bits per heavy atom. The molecule has 0 aliphatic carbocycles. The topological polar surface area (TPSA) is 43.4 Å². The van der Waals surface area contributed by atoms with Gasteiger partial charge in [-0.05, 0) is 12.8 Å². The molecule has 0 radical (unpaired) electrons. The Hall–Kier alpha value is -0.860. The van der Waals surface area contributed by atoms with Crippen molar-refractivity contribution in [1.82, 2.24) is 0 Å². The molecule has 0 aromatic heterocycles. The minimum Gasteiger partial charge on any atom is -0.469 e. The van der Waals surface area contributed by atoms with Gasteiger partial charge < -0.3 is 9.53 Å². The predicted octanol–water partition coefficient (Wildman–Crippen LogP) is 1.41. The monoisotopic (exact) mass is 172 g/mol. The lowest BCUT2D eigenvalue weighted by Gasteiger charge is -2.16. The number of methoxy groups -OCH3 is 1. The van der Waals surface area contributed by atoms with Crippen molar-refractivity contribution in [1.29, 1.82) is 0 Å². The van der Waals surface area contributed by atoms with Gasteiger partial charge in [-0.1, -0.05) is 13.8 Å². The van der Waals surface area contributed by atoms with Crippen LogP contribution in [0.15, 0.2) is 0 Å². The summed E-state index contributed by atoms with van der Waals surface area (Å²) in [4.78, 5) is 21.9. The van der Waals surface area contributed by atoms with Crippen molar-refractivity contribution in [2.45, 2.75) is 27.2 Å². The van der Waals surface area contributed by atoms with Crippen LogP contribution in [-0.2, 0) is 14.3 Å². The number of carbonyl (C=O) groups is 2. The summed E-state index contributed by atoms with van der Waals surface area (Å²) in [6, 6.07) is 0. The quantitative estimate of drug-likeness (QED) is 0.602. The molecular formula is C9H16O3. The highest BCUT2D eigenvalue weighted by molar-refractivity contribution is 5.82. The van der Waals surface area contributed by atoms with Crippen molar-refractivity contribution in [3.05, 3.63) is 0 Å². The lowest BCUT2D eigenvalue weighted by Crippen LogP contribution is -2.23. The third-order valence-electron chi connectivity index (χ3n) is 1.82. The first-order chi connectivity index (χ1) is 5.49. The highest BCUT2D eigenvalue weighted by Gasteiger charge is 2.23. The van der Waals surface area contributed by atoms with Crippen molar-refractivity contribution < 1.29 is 14.3 Å². The molecule has 12 heavy (non-hydrogen) atoms. The second kappa shape index (κ2) is 4.91. The summed E-state index contributed by atoms with van der Waals surface area (Å²) < 4.78 is 4.58. The highest BCUT2D eigenvalue weighted by Crippen LogP contribution is 2.16. The molecule has 70 valence electrons. The molecular weight excluding hydrogens is 156 g/mol. The van der Waals surface area contributed by atoms with Crippen molar-refractivity contribution in [3.8, 4) is 0 Å². The Labute approximate surface area is 73.1 Å². The number of rotatable bonds is 4. The highest BCUT2D eigenvalue weighted by atomic mass is 16.5. The number of hydrogen-bond acceptors (Lipinski definition) is 3. The predicted molar refractivity (Wildman–Crippen MR) is 45.6 cm³/mol. The van der Waals surface area contributed by atoms with E-state index in [4.69, 9.17) is 0 Å². The zero-order valence-electron chi connectivity index (χ0n) is 8.09. The maximum atomic E-state index is 11.1. The van der Waals surface area contributed by atoms with E-state index in [1.54, 1.807) is 0 Å². The Kier molecular flexibility index (Phi) is 4.55. The second-order valence-electron chi connectivity index (χ2n) is 3.28. The van der Waals surface area contributed by atoms with E-state index in [0.717, 1.165) is 0 Å². The van der Waals surface area contributed by atoms with Crippen LogP contribution < -0.4 is 0 Å². The molecule has 0 aliphatic heterocycles. The minimum atomic E-state index is -0.291. The molecule has 0 bridgehead atoms. The summed E-state index contributed by atoms with van der Waals surface area (Å²) in [5.41, 5.74) is 0. The van der Waals surface area contributed by atoms with E-state index in [1.807, 2.05) is 13.8 Å². The number of ether oxygens (including phenoxy) is 1. The molecule has 3 heteroatoms. The molecule has 1 atom stereocenters. The van der Waals surface area contributed by atoms with Crippen LogP contribution in [-0.4, -0.2) is 18.9 Å². The van der Waals surface area contributed by atoms with Crippen LogP contribution >= 0.6 is 0 Å². The zero-order valence-corrected chi connectivity index (χ0v) is 8.09. The second-order valence-corrected chi connectivity index (χ2v) is 3.28. The van der Waals surface area contributed by atoms with Crippen LogP contribution in [0.5, 0.6) is 0 Å². The van der Waals surface area contributed by atoms with Crippen LogP contribution in [0.4, 0.5) is 0 Å². The summed E-state index contributed by atoms with van der Waals surface area (Å²) in [5, 5.41) is 0. The number of carbonyl (C=O) groups excluding carboxylic acids is 2. The SMILES string of the molecule is COC(=O)C(CC(C)=O)C(C)C. The lowest BCUT2D eigenvalue weighted by atomic mass is 9.91. The standard InChI is InChI=1S/C9H16O3/c1-6(2)8(5-7(3)10)9(11)12-4/h6,8H,5H2,1-4H3. The van der Waals surface area contributed by atoms with Crippen LogP contribution in [0.2, 0.25) is 0 Å². The van der Waals surface area contributed by atoms with Gasteiger partial charge in [-0.25, -0.2) is 0 Å². The van der Waals surface area contributed by atoms with E-state index < -0.39 is 0 Å².